The number of benzene rings is 1. The molecule has 3 rings (SSSR count). The molecule has 0 radical (unpaired) electrons. The van der Waals surface area contributed by atoms with Gasteiger partial charge in [-0.2, -0.15) is 0 Å². The number of hydrogen-bond acceptors (Lipinski definition) is 3. The smallest absolute Gasteiger partial charge is 0.226 e. The summed E-state index contributed by atoms with van der Waals surface area (Å²) in [7, 11) is 1.61. The number of carbonyl (C=O) groups is 2. The lowest BCUT2D eigenvalue weighted by atomic mass is 9.71. The second kappa shape index (κ2) is 7.11. The molecule has 130 valence electrons. The fraction of sp³-hybridized carbons (Fsp3) is 0.556. The highest BCUT2D eigenvalue weighted by molar-refractivity contribution is 6.30. The largest absolute Gasteiger partial charge is 0.383 e. The van der Waals surface area contributed by atoms with E-state index in [1.54, 1.807) is 12.0 Å². The van der Waals surface area contributed by atoms with E-state index in [-0.39, 0.29) is 29.7 Å². The van der Waals surface area contributed by atoms with Crippen molar-refractivity contribution in [2.45, 2.75) is 31.2 Å². The van der Waals surface area contributed by atoms with Crippen molar-refractivity contribution in [3.05, 3.63) is 34.9 Å². The van der Waals surface area contributed by atoms with Gasteiger partial charge in [-0.15, -0.1) is 0 Å². The predicted octanol–water partition coefficient (Wildman–Crippen LogP) is 2.33. The Balaban J connectivity index is 1.65. The second-order valence-corrected chi connectivity index (χ2v) is 7.10. The number of methoxy groups -OCH3 is 1. The van der Waals surface area contributed by atoms with Crippen LogP contribution in [0.1, 0.15) is 31.2 Å². The first-order valence-corrected chi connectivity index (χ1v) is 8.77. The van der Waals surface area contributed by atoms with E-state index in [1.165, 1.54) is 0 Å². The van der Waals surface area contributed by atoms with E-state index >= 15 is 0 Å². The summed E-state index contributed by atoms with van der Waals surface area (Å²) in [5.74, 6) is -0.279. The van der Waals surface area contributed by atoms with Crippen LogP contribution >= 0.6 is 11.6 Å². The summed E-state index contributed by atoms with van der Waals surface area (Å²) in [6.45, 7) is 1.51. The molecular formula is C18H23ClN2O3. The zero-order chi connectivity index (χ0) is 17.2. The monoisotopic (exact) mass is 350 g/mol. The first-order valence-electron chi connectivity index (χ1n) is 8.39. The fourth-order valence-corrected chi connectivity index (χ4v) is 3.61. The van der Waals surface area contributed by atoms with Crippen molar-refractivity contribution < 1.29 is 14.3 Å². The topological polar surface area (TPSA) is 58.6 Å². The number of carbonyl (C=O) groups excluding carboxylic acids is 2. The first-order chi connectivity index (χ1) is 11.5. The zero-order valence-corrected chi connectivity index (χ0v) is 14.6. The minimum absolute atomic E-state index is 0.0290. The Morgan fingerprint density at radius 1 is 1.38 bits per heavy atom. The highest BCUT2D eigenvalue weighted by Gasteiger charge is 2.43. The Hall–Kier alpha value is -1.59. The molecule has 2 fully saturated rings. The second-order valence-electron chi connectivity index (χ2n) is 6.67. The third-order valence-corrected chi connectivity index (χ3v) is 5.37. The van der Waals surface area contributed by atoms with Crippen LogP contribution in [0.5, 0.6) is 0 Å². The van der Waals surface area contributed by atoms with Gasteiger partial charge in [-0.1, -0.05) is 23.7 Å². The summed E-state index contributed by atoms with van der Waals surface area (Å²) in [6, 6.07) is 7.67. The van der Waals surface area contributed by atoms with Crippen LogP contribution in [-0.4, -0.2) is 43.5 Å². The molecule has 1 heterocycles. The van der Waals surface area contributed by atoms with E-state index in [9.17, 15) is 9.59 Å². The quantitative estimate of drug-likeness (QED) is 0.856. The Morgan fingerprint density at radius 3 is 2.67 bits per heavy atom. The van der Waals surface area contributed by atoms with E-state index in [0.29, 0.717) is 24.7 Å². The third kappa shape index (κ3) is 3.42. The minimum Gasteiger partial charge on any atom is -0.383 e. The van der Waals surface area contributed by atoms with Gasteiger partial charge in [0.2, 0.25) is 11.8 Å². The van der Waals surface area contributed by atoms with Crippen LogP contribution in [0.4, 0.5) is 0 Å². The molecule has 2 amide bonds. The first kappa shape index (κ1) is 17.2. The number of amides is 2. The van der Waals surface area contributed by atoms with Crippen LogP contribution in [0.3, 0.4) is 0 Å². The summed E-state index contributed by atoms with van der Waals surface area (Å²) < 4.78 is 5.02. The lowest BCUT2D eigenvalue weighted by Gasteiger charge is -2.43. The molecule has 0 unspecified atom stereocenters. The van der Waals surface area contributed by atoms with Crippen molar-refractivity contribution in [2.75, 3.05) is 26.8 Å². The van der Waals surface area contributed by atoms with Gasteiger partial charge in [0.1, 0.15) is 0 Å². The molecule has 5 nitrogen and oxygen atoms in total. The summed E-state index contributed by atoms with van der Waals surface area (Å²) in [5.41, 5.74) is 0.789. The van der Waals surface area contributed by atoms with Crippen molar-refractivity contribution >= 4 is 23.4 Å². The Bertz CT molecular complexity index is 613. The number of likely N-dealkylation sites (tertiary alicyclic amines) is 1. The van der Waals surface area contributed by atoms with Gasteiger partial charge in [-0.3, -0.25) is 9.59 Å². The lowest BCUT2D eigenvalue weighted by Crippen LogP contribution is -2.52. The summed E-state index contributed by atoms with van der Waals surface area (Å²) in [6.07, 6.45) is 3.22. The minimum atomic E-state index is -0.301. The molecule has 6 heteroatoms. The molecule has 1 N–H and O–H groups in total. The molecule has 1 aliphatic carbocycles. The molecular weight excluding hydrogens is 328 g/mol. The maximum Gasteiger partial charge on any atom is 0.226 e. The Morgan fingerprint density at radius 2 is 2.08 bits per heavy atom. The van der Waals surface area contributed by atoms with Crippen molar-refractivity contribution in [3.63, 3.8) is 0 Å². The van der Waals surface area contributed by atoms with Crippen molar-refractivity contribution in [1.82, 2.24) is 10.2 Å². The molecule has 1 saturated heterocycles. The summed E-state index contributed by atoms with van der Waals surface area (Å²) in [5, 5.41) is 3.90. The van der Waals surface area contributed by atoms with Crippen LogP contribution in [0.25, 0.3) is 0 Å². The average molecular weight is 351 g/mol. The molecule has 1 aliphatic heterocycles. The molecule has 0 bridgehead atoms. The van der Waals surface area contributed by atoms with Crippen LogP contribution < -0.4 is 5.32 Å². The van der Waals surface area contributed by atoms with Crippen molar-refractivity contribution in [3.8, 4) is 0 Å². The zero-order valence-electron chi connectivity index (χ0n) is 13.9. The molecule has 2 aliphatic rings. The van der Waals surface area contributed by atoms with E-state index in [0.717, 1.165) is 24.8 Å². The number of rotatable bonds is 6. The SMILES string of the molecule is COCCN1C[C@H](C(=O)NC2(c3ccc(Cl)cc3)CCC2)CC1=O. The van der Waals surface area contributed by atoms with Gasteiger partial charge in [0.15, 0.2) is 0 Å². The van der Waals surface area contributed by atoms with Gasteiger partial charge < -0.3 is 15.0 Å². The van der Waals surface area contributed by atoms with E-state index < -0.39 is 0 Å². The van der Waals surface area contributed by atoms with Crippen LogP contribution in [-0.2, 0) is 19.9 Å². The van der Waals surface area contributed by atoms with E-state index in [4.69, 9.17) is 16.3 Å². The van der Waals surface area contributed by atoms with Gasteiger partial charge in [-0.05, 0) is 37.0 Å². The van der Waals surface area contributed by atoms with Gasteiger partial charge in [0.25, 0.3) is 0 Å². The van der Waals surface area contributed by atoms with Crippen LogP contribution in [0.2, 0.25) is 5.02 Å². The predicted molar refractivity (Wildman–Crippen MR) is 91.7 cm³/mol. The van der Waals surface area contributed by atoms with Gasteiger partial charge in [0.05, 0.1) is 18.1 Å². The molecule has 24 heavy (non-hydrogen) atoms. The third-order valence-electron chi connectivity index (χ3n) is 5.12. The number of ether oxygens (including phenoxy) is 1. The molecule has 1 atom stereocenters. The molecule has 1 aromatic rings. The highest BCUT2D eigenvalue weighted by atomic mass is 35.5. The van der Waals surface area contributed by atoms with Crippen LogP contribution in [0, 0.1) is 5.92 Å². The molecule has 1 saturated carbocycles. The molecule has 1 aromatic carbocycles. The molecule has 0 aromatic heterocycles. The number of hydrogen-bond donors (Lipinski definition) is 1. The standard InChI is InChI=1S/C18H23ClN2O3/c1-24-10-9-21-12-13(11-16(21)22)17(23)20-18(7-2-8-18)14-3-5-15(19)6-4-14/h3-6,13H,2,7-12H2,1H3,(H,20,23)/t13-/m1/s1. The summed E-state index contributed by atoms with van der Waals surface area (Å²) in [4.78, 5) is 26.5. The van der Waals surface area contributed by atoms with Crippen molar-refractivity contribution in [2.24, 2.45) is 5.92 Å². The maximum atomic E-state index is 12.7. The average Bonchev–Trinajstić information content (AvgIpc) is 2.91. The van der Waals surface area contributed by atoms with Gasteiger partial charge in [0, 0.05) is 31.6 Å². The Labute approximate surface area is 147 Å². The van der Waals surface area contributed by atoms with Gasteiger partial charge >= 0.3 is 0 Å². The highest BCUT2D eigenvalue weighted by Crippen LogP contribution is 2.42. The number of nitrogens with one attached hydrogen (secondary N) is 1. The molecule has 0 spiro atoms. The number of halogens is 1. The number of nitrogens with zero attached hydrogens (tertiary/aromatic N) is 1. The van der Waals surface area contributed by atoms with Gasteiger partial charge in [-0.25, -0.2) is 0 Å². The lowest BCUT2D eigenvalue weighted by molar-refractivity contribution is -0.130. The summed E-state index contributed by atoms with van der Waals surface area (Å²) >= 11 is 5.97. The van der Waals surface area contributed by atoms with E-state index in [1.807, 2.05) is 24.3 Å². The fourth-order valence-electron chi connectivity index (χ4n) is 3.49. The Kier molecular flexibility index (Phi) is 5.11. The normalized spacial score (nSPS) is 22.3. The van der Waals surface area contributed by atoms with Crippen molar-refractivity contribution in [1.29, 1.82) is 0 Å². The van der Waals surface area contributed by atoms with E-state index in [2.05, 4.69) is 5.32 Å². The van der Waals surface area contributed by atoms with Crippen LogP contribution in [0.15, 0.2) is 24.3 Å². The maximum absolute atomic E-state index is 12.7.